The van der Waals surface area contributed by atoms with Crippen molar-refractivity contribution in [3.8, 4) is 11.8 Å². The Balaban J connectivity index is 2.15. The van der Waals surface area contributed by atoms with Crippen molar-refractivity contribution in [2.24, 2.45) is 0 Å². The van der Waals surface area contributed by atoms with Crippen molar-refractivity contribution < 1.29 is 9.53 Å². The van der Waals surface area contributed by atoms with E-state index >= 15 is 0 Å². The highest BCUT2D eigenvalue weighted by Gasteiger charge is 2.09. The van der Waals surface area contributed by atoms with Crippen molar-refractivity contribution in [1.82, 2.24) is 0 Å². The van der Waals surface area contributed by atoms with Gasteiger partial charge in [0.25, 0.3) is 0 Å². The number of rotatable bonds is 0. The van der Waals surface area contributed by atoms with E-state index in [9.17, 15) is 4.79 Å². The number of ether oxygens (including phenoxy) is 1. The van der Waals surface area contributed by atoms with E-state index in [0.29, 0.717) is 6.61 Å². The number of cyclic esters (lactones) is 1. The summed E-state index contributed by atoms with van der Waals surface area (Å²) in [5.74, 6) is 5.59. The molecule has 0 N–H and O–H groups in total. The van der Waals surface area contributed by atoms with Gasteiger partial charge in [-0.25, -0.2) is 4.79 Å². The Morgan fingerprint density at radius 1 is 1.20 bits per heavy atom. The number of carbonyl (C=O) groups excluding carboxylic acids is 1. The molecule has 0 atom stereocenters. The van der Waals surface area contributed by atoms with Crippen LogP contribution in [0.2, 0.25) is 0 Å². The maximum absolute atomic E-state index is 10.7. The average molecular weight is 198 g/mol. The zero-order valence-corrected chi connectivity index (χ0v) is 8.41. The van der Waals surface area contributed by atoms with E-state index in [1.54, 1.807) is 0 Å². The number of esters is 1. The van der Waals surface area contributed by atoms with Gasteiger partial charge in [0.2, 0.25) is 0 Å². The van der Waals surface area contributed by atoms with Crippen molar-refractivity contribution in [3.05, 3.63) is 47.0 Å². The minimum Gasteiger partial charge on any atom is -0.457 e. The van der Waals surface area contributed by atoms with E-state index in [2.05, 4.69) is 11.8 Å². The van der Waals surface area contributed by atoms with E-state index in [-0.39, 0.29) is 5.97 Å². The van der Waals surface area contributed by atoms with E-state index < -0.39 is 0 Å². The van der Waals surface area contributed by atoms with Gasteiger partial charge in [0.05, 0.1) is 0 Å². The third-order valence-electron chi connectivity index (χ3n) is 2.08. The van der Waals surface area contributed by atoms with Gasteiger partial charge in [-0.3, -0.25) is 0 Å². The molecular weight excluding hydrogens is 188 g/mol. The fourth-order valence-corrected chi connectivity index (χ4v) is 1.24. The summed E-state index contributed by atoms with van der Waals surface area (Å²) < 4.78 is 4.74. The number of aryl methyl sites for hydroxylation is 1. The second kappa shape index (κ2) is 4.02. The highest BCUT2D eigenvalue weighted by atomic mass is 16.5. The molecule has 0 bridgehead atoms. The van der Waals surface area contributed by atoms with Gasteiger partial charge in [0.15, 0.2) is 0 Å². The summed E-state index contributed by atoms with van der Waals surface area (Å²) in [6.45, 7) is 2.33. The number of hydrogen-bond donors (Lipinski definition) is 0. The Kier molecular flexibility index (Phi) is 2.55. The Morgan fingerprint density at radius 3 is 2.53 bits per heavy atom. The van der Waals surface area contributed by atoms with Gasteiger partial charge in [0, 0.05) is 17.2 Å². The molecular formula is C13H10O2. The number of hydrogen-bond acceptors (Lipinski definition) is 2. The zero-order chi connectivity index (χ0) is 10.7. The van der Waals surface area contributed by atoms with Crippen molar-refractivity contribution in [1.29, 1.82) is 0 Å². The summed E-state index contributed by atoms with van der Waals surface area (Å²) in [4.78, 5) is 10.7. The Bertz CT molecular complexity index is 469. The zero-order valence-electron chi connectivity index (χ0n) is 8.41. The topological polar surface area (TPSA) is 26.3 Å². The fraction of sp³-hybridized carbons (Fsp3) is 0.154. The van der Waals surface area contributed by atoms with Crippen LogP contribution in [-0.2, 0) is 9.53 Å². The maximum atomic E-state index is 10.7. The van der Waals surface area contributed by atoms with Gasteiger partial charge in [-0.05, 0) is 19.1 Å². The molecule has 1 aliphatic rings. The summed E-state index contributed by atoms with van der Waals surface area (Å²) in [7, 11) is 0. The van der Waals surface area contributed by atoms with Gasteiger partial charge in [-0.15, -0.1) is 0 Å². The lowest BCUT2D eigenvalue weighted by Crippen LogP contribution is -1.90. The summed E-state index contributed by atoms with van der Waals surface area (Å²) in [5, 5.41) is 0. The lowest BCUT2D eigenvalue weighted by atomic mass is 10.1. The molecule has 2 nitrogen and oxygen atoms in total. The monoisotopic (exact) mass is 198 g/mol. The van der Waals surface area contributed by atoms with Crippen molar-refractivity contribution in [2.45, 2.75) is 6.92 Å². The molecule has 1 aromatic carbocycles. The van der Waals surface area contributed by atoms with Gasteiger partial charge >= 0.3 is 5.97 Å². The maximum Gasteiger partial charge on any atom is 0.332 e. The van der Waals surface area contributed by atoms with Crippen LogP contribution in [0.15, 0.2) is 35.9 Å². The Hall–Kier alpha value is -2.01. The van der Waals surface area contributed by atoms with E-state index in [1.165, 1.54) is 11.6 Å². The Labute approximate surface area is 88.6 Å². The van der Waals surface area contributed by atoms with Crippen LogP contribution in [0.4, 0.5) is 0 Å². The lowest BCUT2D eigenvalue weighted by molar-refractivity contribution is -0.134. The molecule has 0 spiro atoms. The molecule has 74 valence electrons. The molecule has 0 unspecified atom stereocenters. The summed E-state index contributed by atoms with van der Waals surface area (Å²) in [6.07, 6.45) is 1.43. The van der Waals surface area contributed by atoms with Gasteiger partial charge < -0.3 is 4.74 Å². The third kappa shape index (κ3) is 2.47. The van der Waals surface area contributed by atoms with Crippen LogP contribution in [0.25, 0.3) is 0 Å². The SMILES string of the molecule is Cc1ccc(C#CC2=CC(=O)OC2)cc1. The highest BCUT2D eigenvalue weighted by molar-refractivity contribution is 5.86. The summed E-state index contributed by atoms with van der Waals surface area (Å²) in [6, 6.07) is 7.93. The predicted octanol–water partition coefficient (Wildman–Crippen LogP) is 1.83. The quantitative estimate of drug-likeness (QED) is 0.469. The van der Waals surface area contributed by atoms with Crippen LogP contribution >= 0.6 is 0 Å². The van der Waals surface area contributed by atoms with E-state index in [0.717, 1.165) is 11.1 Å². The van der Waals surface area contributed by atoms with Crippen LogP contribution in [0, 0.1) is 18.8 Å². The van der Waals surface area contributed by atoms with Crippen LogP contribution in [0.5, 0.6) is 0 Å². The second-order valence-electron chi connectivity index (χ2n) is 3.39. The lowest BCUT2D eigenvalue weighted by Gasteiger charge is -1.91. The highest BCUT2D eigenvalue weighted by Crippen LogP contribution is 2.05. The molecule has 0 aromatic heterocycles. The molecule has 0 amide bonds. The molecule has 2 rings (SSSR count). The predicted molar refractivity (Wildman–Crippen MR) is 57.1 cm³/mol. The van der Waals surface area contributed by atoms with Crippen molar-refractivity contribution in [2.75, 3.05) is 6.61 Å². The summed E-state index contributed by atoms with van der Waals surface area (Å²) in [5.41, 5.74) is 2.89. The van der Waals surface area contributed by atoms with Crippen LogP contribution in [0.3, 0.4) is 0 Å². The van der Waals surface area contributed by atoms with Crippen LogP contribution in [0.1, 0.15) is 11.1 Å². The van der Waals surface area contributed by atoms with Crippen molar-refractivity contribution >= 4 is 5.97 Å². The minimum atomic E-state index is -0.303. The van der Waals surface area contributed by atoms with E-state index in [4.69, 9.17) is 4.74 Å². The molecule has 1 aromatic rings. The third-order valence-corrected chi connectivity index (χ3v) is 2.08. The summed E-state index contributed by atoms with van der Waals surface area (Å²) >= 11 is 0. The molecule has 1 aliphatic heterocycles. The molecule has 0 saturated heterocycles. The first-order valence-electron chi connectivity index (χ1n) is 4.70. The van der Waals surface area contributed by atoms with Gasteiger partial charge in [-0.2, -0.15) is 0 Å². The largest absolute Gasteiger partial charge is 0.457 e. The Morgan fingerprint density at radius 2 is 1.93 bits per heavy atom. The standard InChI is InChI=1S/C13H10O2/c1-10-2-4-11(5-3-10)6-7-12-8-13(14)15-9-12/h2-5,8H,9H2,1H3. The van der Waals surface area contributed by atoms with E-state index in [1.807, 2.05) is 31.2 Å². The second-order valence-corrected chi connectivity index (χ2v) is 3.39. The molecule has 0 aliphatic carbocycles. The molecule has 0 saturated carbocycles. The van der Waals surface area contributed by atoms with Crippen LogP contribution in [-0.4, -0.2) is 12.6 Å². The number of benzene rings is 1. The fourth-order valence-electron chi connectivity index (χ4n) is 1.24. The van der Waals surface area contributed by atoms with Gasteiger partial charge in [-0.1, -0.05) is 29.5 Å². The first-order valence-corrected chi connectivity index (χ1v) is 4.70. The smallest absolute Gasteiger partial charge is 0.332 e. The number of carbonyl (C=O) groups is 1. The van der Waals surface area contributed by atoms with Crippen molar-refractivity contribution in [3.63, 3.8) is 0 Å². The molecule has 2 heteroatoms. The molecule has 1 heterocycles. The van der Waals surface area contributed by atoms with Crippen LogP contribution < -0.4 is 0 Å². The minimum absolute atomic E-state index is 0.303. The van der Waals surface area contributed by atoms with Gasteiger partial charge in [0.1, 0.15) is 6.61 Å². The normalized spacial score (nSPS) is 13.9. The average Bonchev–Trinajstić information content (AvgIpc) is 2.64. The molecule has 0 radical (unpaired) electrons. The first-order chi connectivity index (χ1) is 7.24. The molecule has 0 fully saturated rings. The molecule has 15 heavy (non-hydrogen) atoms. The first kappa shape index (κ1) is 9.54.